The largest absolute Gasteiger partial charge is 0.483 e. The Balaban J connectivity index is 1.52. The standard InChI is InChI=1S/C23H21FN4O/c1-27-11-10-21(29-22-5-3-2-4-20(22)24)19-8-6-16(12-18(19)13-27)17-7-9-23-25-15-26-28(23)14-17/h2-9,12,14-15,21H,10-11,13H2,1H3. The van der Waals surface area contributed by atoms with E-state index in [-0.39, 0.29) is 11.9 Å². The van der Waals surface area contributed by atoms with E-state index in [1.165, 1.54) is 11.6 Å². The Kier molecular flexibility index (Phi) is 4.48. The van der Waals surface area contributed by atoms with Crippen LogP contribution < -0.4 is 4.74 Å². The van der Waals surface area contributed by atoms with Crippen LogP contribution in [0.1, 0.15) is 23.7 Å². The molecular weight excluding hydrogens is 367 g/mol. The maximum Gasteiger partial charge on any atom is 0.165 e. The first-order chi connectivity index (χ1) is 14.2. The van der Waals surface area contributed by atoms with Crippen LogP contribution in [0.4, 0.5) is 4.39 Å². The monoisotopic (exact) mass is 388 g/mol. The SMILES string of the molecule is CN1CCC(Oc2ccccc2F)c2ccc(-c3ccc4ncnn4c3)cc2C1. The fourth-order valence-corrected chi connectivity index (χ4v) is 3.90. The Labute approximate surface area is 168 Å². The number of nitrogens with zero attached hydrogens (tertiary/aromatic N) is 4. The molecule has 1 atom stereocenters. The Morgan fingerprint density at radius 1 is 1.07 bits per heavy atom. The summed E-state index contributed by atoms with van der Waals surface area (Å²) in [7, 11) is 2.10. The van der Waals surface area contributed by atoms with E-state index in [9.17, 15) is 4.39 Å². The van der Waals surface area contributed by atoms with Gasteiger partial charge >= 0.3 is 0 Å². The van der Waals surface area contributed by atoms with E-state index in [1.807, 2.05) is 12.3 Å². The zero-order valence-electron chi connectivity index (χ0n) is 16.1. The first kappa shape index (κ1) is 17.8. The molecule has 5 rings (SSSR count). The third-order valence-corrected chi connectivity index (χ3v) is 5.42. The molecule has 0 amide bonds. The van der Waals surface area contributed by atoms with Gasteiger partial charge in [0.05, 0.1) is 0 Å². The van der Waals surface area contributed by atoms with E-state index in [0.717, 1.165) is 41.8 Å². The van der Waals surface area contributed by atoms with E-state index < -0.39 is 0 Å². The first-order valence-corrected chi connectivity index (χ1v) is 9.70. The summed E-state index contributed by atoms with van der Waals surface area (Å²) in [6.45, 7) is 1.71. The number of fused-ring (bicyclic) bond motifs is 2. The van der Waals surface area contributed by atoms with Crippen molar-refractivity contribution in [2.75, 3.05) is 13.6 Å². The highest BCUT2D eigenvalue weighted by Crippen LogP contribution is 2.34. The molecule has 0 radical (unpaired) electrons. The molecule has 1 unspecified atom stereocenters. The van der Waals surface area contributed by atoms with Crippen LogP contribution in [0.5, 0.6) is 5.75 Å². The molecule has 146 valence electrons. The predicted molar refractivity (Wildman–Crippen MR) is 109 cm³/mol. The highest BCUT2D eigenvalue weighted by atomic mass is 19.1. The molecule has 0 fully saturated rings. The second-order valence-electron chi connectivity index (χ2n) is 7.46. The molecule has 2 aromatic heterocycles. The van der Waals surface area contributed by atoms with Crippen molar-refractivity contribution >= 4 is 5.65 Å². The lowest BCUT2D eigenvalue weighted by Gasteiger charge is -2.20. The zero-order chi connectivity index (χ0) is 19.8. The molecule has 0 saturated carbocycles. The van der Waals surface area contributed by atoms with Gasteiger partial charge in [-0.3, -0.25) is 0 Å². The van der Waals surface area contributed by atoms with Gasteiger partial charge < -0.3 is 9.64 Å². The van der Waals surface area contributed by atoms with Crippen LogP contribution in [0.2, 0.25) is 0 Å². The van der Waals surface area contributed by atoms with Crippen LogP contribution in [-0.4, -0.2) is 33.1 Å². The van der Waals surface area contributed by atoms with Gasteiger partial charge in [-0.15, -0.1) is 0 Å². The summed E-state index contributed by atoms with van der Waals surface area (Å²) < 4.78 is 22.0. The average molecular weight is 388 g/mol. The molecule has 6 heteroatoms. The summed E-state index contributed by atoms with van der Waals surface area (Å²) in [6, 6.07) is 17.0. The summed E-state index contributed by atoms with van der Waals surface area (Å²) >= 11 is 0. The maximum atomic E-state index is 14.1. The lowest BCUT2D eigenvalue weighted by Crippen LogP contribution is -2.18. The average Bonchev–Trinajstić information content (AvgIpc) is 3.14. The summed E-state index contributed by atoms with van der Waals surface area (Å²) in [5.41, 5.74) is 5.32. The van der Waals surface area contributed by atoms with Crippen molar-refractivity contribution in [1.29, 1.82) is 0 Å². The molecule has 0 saturated heterocycles. The van der Waals surface area contributed by atoms with Gasteiger partial charge in [-0.05, 0) is 54.1 Å². The molecule has 3 heterocycles. The van der Waals surface area contributed by atoms with Gasteiger partial charge in [-0.25, -0.2) is 13.9 Å². The highest BCUT2D eigenvalue weighted by molar-refractivity contribution is 5.66. The van der Waals surface area contributed by atoms with Gasteiger partial charge in [0.2, 0.25) is 0 Å². The van der Waals surface area contributed by atoms with Gasteiger partial charge in [-0.2, -0.15) is 5.10 Å². The molecule has 2 aromatic carbocycles. The van der Waals surface area contributed by atoms with Crippen molar-refractivity contribution in [2.45, 2.75) is 19.1 Å². The van der Waals surface area contributed by atoms with Gasteiger partial charge in [0.25, 0.3) is 0 Å². The molecule has 4 aromatic rings. The van der Waals surface area contributed by atoms with E-state index >= 15 is 0 Å². The van der Waals surface area contributed by atoms with E-state index in [0.29, 0.717) is 5.75 Å². The van der Waals surface area contributed by atoms with Crippen molar-refractivity contribution in [3.05, 3.63) is 84.1 Å². The van der Waals surface area contributed by atoms with E-state index in [1.54, 1.807) is 29.0 Å². The molecule has 0 N–H and O–H groups in total. The second kappa shape index (κ2) is 7.29. The molecular formula is C23H21FN4O. The zero-order valence-corrected chi connectivity index (χ0v) is 16.1. The Bertz CT molecular complexity index is 1170. The summed E-state index contributed by atoms with van der Waals surface area (Å²) in [5, 5.41) is 4.23. The topological polar surface area (TPSA) is 42.7 Å². The number of para-hydroxylation sites is 1. The van der Waals surface area contributed by atoms with Crippen molar-refractivity contribution < 1.29 is 9.13 Å². The molecule has 1 aliphatic rings. The van der Waals surface area contributed by atoms with Crippen LogP contribution in [0, 0.1) is 5.82 Å². The number of hydrogen-bond donors (Lipinski definition) is 0. The second-order valence-corrected chi connectivity index (χ2v) is 7.46. The number of halogens is 1. The summed E-state index contributed by atoms with van der Waals surface area (Å²) in [6.07, 6.45) is 4.16. The Morgan fingerprint density at radius 3 is 2.83 bits per heavy atom. The van der Waals surface area contributed by atoms with Gasteiger partial charge in [0.15, 0.2) is 17.2 Å². The van der Waals surface area contributed by atoms with Gasteiger partial charge in [0.1, 0.15) is 12.4 Å². The number of benzene rings is 2. The smallest absolute Gasteiger partial charge is 0.165 e. The van der Waals surface area contributed by atoms with Crippen molar-refractivity contribution in [3.8, 4) is 16.9 Å². The maximum absolute atomic E-state index is 14.1. The normalized spacial score (nSPS) is 17.1. The highest BCUT2D eigenvalue weighted by Gasteiger charge is 2.24. The van der Waals surface area contributed by atoms with Crippen LogP contribution in [0.3, 0.4) is 0 Å². The molecule has 1 aliphatic heterocycles. The molecule has 29 heavy (non-hydrogen) atoms. The molecule has 0 aliphatic carbocycles. The first-order valence-electron chi connectivity index (χ1n) is 9.70. The minimum atomic E-state index is -0.329. The predicted octanol–water partition coefficient (Wildman–Crippen LogP) is 4.49. The molecule has 0 bridgehead atoms. The number of hydrogen-bond acceptors (Lipinski definition) is 4. The lowest BCUT2D eigenvalue weighted by atomic mass is 9.96. The number of pyridine rings is 1. The van der Waals surface area contributed by atoms with Crippen molar-refractivity contribution in [3.63, 3.8) is 0 Å². The van der Waals surface area contributed by atoms with Gasteiger partial charge in [0, 0.05) is 31.3 Å². The Morgan fingerprint density at radius 2 is 1.93 bits per heavy atom. The van der Waals surface area contributed by atoms with E-state index in [2.05, 4.69) is 46.3 Å². The molecule has 0 spiro atoms. The van der Waals surface area contributed by atoms with Crippen LogP contribution in [-0.2, 0) is 6.54 Å². The van der Waals surface area contributed by atoms with Crippen molar-refractivity contribution in [1.82, 2.24) is 19.5 Å². The molecule has 5 nitrogen and oxygen atoms in total. The third kappa shape index (κ3) is 3.47. The summed E-state index contributed by atoms with van der Waals surface area (Å²) in [4.78, 5) is 6.47. The van der Waals surface area contributed by atoms with Gasteiger partial charge in [-0.1, -0.05) is 24.3 Å². The Hall–Kier alpha value is -3.25. The number of ether oxygens (including phenoxy) is 1. The minimum Gasteiger partial charge on any atom is -0.483 e. The number of aromatic nitrogens is 3. The van der Waals surface area contributed by atoms with Crippen LogP contribution in [0.15, 0.2) is 67.1 Å². The van der Waals surface area contributed by atoms with E-state index in [4.69, 9.17) is 4.74 Å². The fourth-order valence-electron chi connectivity index (χ4n) is 3.90. The van der Waals surface area contributed by atoms with Crippen LogP contribution >= 0.6 is 0 Å². The third-order valence-electron chi connectivity index (χ3n) is 5.42. The fraction of sp³-hybridized carbons (Fsp3) is 0.217. The lowest BCUT2D eigenvalue weighted by molar-refractivity contribution is 0.175. The summed E-state index contributed by atoms with van der Waals surface area (Å²) in [5.74, 6) is -0.0295. The van der Waals surface area contributed by atoms with Crippen LogP contribution in [0.25, 0.3) is 16.8 Å². The quantitative estimate of drug-likeness (QED) is 0.519. The van der Waals surface area contributed by atoms with Crippen molar-refractivity contribution in [2.24, 2.45) is 0 Å². The number of rotatable bonds is 3. The minimum absolute atomic E-state index is 0.182.